The van der Waals surface area contributed by atoms with Crippen LogP contribution in [0.2, 0.25) is 0 Å². The third-order valence-electron chi connectivity index (χ3n) is 3.36. The van der Waals surface area contributed by atoms with E-state index in [1.807, 2.05) is 0 Å². The molecule has 1 aliphatic carbocycles. The molecule has 2 rings (SSSR count). The first-order chi connectivity index (χ1) is 9.74. The van der Waals surface area contributed by atoms with Gasteiger partial charge in [0.15, 0.2) is 5.78 Å². The lowest BCUT2D eigenvalue weighted by atomic mass is 9.76. The Morgan fingerprint density at radius 3 is 2.29 bits per heavy atom. The van der Waals surface area contributed by atoms with Gasteiger partial charge in [0.1, 0.15) is 11.4 Å². The minimum absolute atomic E-state index is 0.00256. The topological polar surface area (TPSA) is 55.4 Å². The van der Waals surface area contributed by atoms with Gasteiger partial charge in [-0.2, -0.15) is 0 Å². The van der Waals surface area contributed by atoms with E-state index in [2.05, 4.69) is 5.32 Å². The summed E-state index contributed by atoms with van der Waals surface area (Å²) in [5.74, 6) is -0.475. The molecular formula is C16H20FNO3. The van der Waals surface area contributed by atoms with Gasteiger partial charge >= 0.3 is 6.09 Å². The maximum absolute atomic E-state index is 12.8. The standard InChI is InChI=1S/C16H20FNO3/c1-16(2,3)21-15(20)18-13-8-11(9-13)14(19)10-4-6-12(17)7-5-10/h4-7,11,13H,8-9H2,1-3H3,(H,18,20). The van der Waals surface area contributed by atoms with E-state index in [-0.39, 0.29) is 23.6 Å². The molecule has 0 spiro atoms. The van der Waals surface area contributed by atoms with Crippen LogP contribution in [0.1, 0.15) is 44.0 Å². The molecule has 0 bridgehead atoms. The number of benzene rings is 1. The van der Waals surface area contributed by atoms with Crippen molar-refractivity contribution in [1.29, 1.82) is 0 Å². The monoisotopic (exact) mass is 293 g/mol. The predicted octanol–water partition coefficient (Wildman–Crippen LogP) is 3.31. The zero-order valence-corrected chi connectivity index (χ0v) is 12.5. The van der Waals surface area contributed by atoms with Crippen LogP contribution < -0.4 is 5.32 Å². The van der Waals surface area contributed by atoms with Gasteiger partial charge in [-0.05, 0) is 57.9 Å². The average molecular weight is 293 g/mol. The zero-order valence-electron chi connectivity index (χ0n) is 12.5. The van der Waals surface area contributed by atoms with Gasteiger partial charge in [0.2, 0.25) is 0 Å². The highest BCUT2D eigenvalue weighted by atomic mass is 19.1. The molecule has 1 aliphatic rings. The Balaban J connectivity index is 1.80. The van der Waals surface area contributed by atoms with Crippen molar-refractivity contribution >= 4 is 11.9 Å². The van der Waals surface area contributed by atoms with E-state index in [0.717, 1.165) is 0 Å². The number of carbonyl (C=O) groups is 2. The fraction of sp³-hybridized carbons (Fsp3) is 0.500. The molecule has 1 aromatic rings. The highest BCUT2D eigenvalue weighted by molar-refractivity contribution is 5.98. The molecule has 0 unspecified atom stereocenters. The van der Waals surface area contributed by atoms with Crippen molar-refractivity contribution in [3.63, 3.8) is 0 Å². The Kier molecular flexibility index (Phi) is 4.30. The summed E-state index contributed by atoms with van der Waals surface area (Å²) in [5, 5.41) is 2.74. The van der Waals surface area contributed by atoms with E-state index < -0.39 is 11.7 Å². The van der Waals surface area contributed by atoms with Crippen LogP contribution in [-0.4, -0.2) is 23.5 Å². The first kappa shape index (κ1) is 15.5. The number of ether oxygens (including phenoxy) is 1. The average Bonchev–Trinajstić information content (AvgIpc) is 2.31. The second-order valence-electron chi connectivity index (χ2n) is 6.38. The maximum atomic E-state index is 12.8. The van der Waals surface area contributed by atoms with Gasteiger partial charge in [0, 0.05) is 17.5 Å². The Morgan fingerprint density at radius 1 is 1.19 bits per heavy atom. The summed E-state index contributed by atoms with van der Waals surface area (Å²) < 4.78 is 18.0. The number of rotatable bonds is 3. The highest BCUT2D eigenvalue weighted by Gasteiger charge is 2.36. The molecule has 0 saturated heterocycles. The second-order valence-corrected chi connectivity index (χ2v) is 6.38. The Bertz CT molecular complexity index is 527. The molecule has 1 N–H and O–H groups in total. The van der Waals surface area contributed by atoms with E-state index >= 15 is 0 Å². The van der Waals surface area contributed by atoms with Crippen molar-refractivity contribution < 1.29 is 18.7 Å². The highest BCUT2D eigenvalue weighted by Crippen LogP contribution is 2.31. The molecule has 0 aliphatic heterocycles. The lowest BCUT2D eigenvalue weighted by Gasteiger charge is -2.35. The minimum atomic E-state index is -0.531. The number of halogens is 1. The Hall–Kier alpha value is -1.91. The van der Waals surface area contributed by atoms with Crippen molar-refractivity contribution in [2.75, 3.05) is 0 Å². The number of ketones is 1. The summed E-state index contributed by atoms with van der Waals surface area (Å²) in [6.07, 6.45) is 0.727. The number of hydrogen-bond donors (Lipinski definition) is 1. The molecule has 1 saturated carbocycles. The molecule has 21 heavy (non-hydrogen) atoms. The summed E-state index contributed by atoms with van der Waals surface area (Å²) in [6, 6.07) is 5.51. The lowest BCUT2D eigenvalue weighted by Crippen LogP contribution is -2.48. The molecule has 0 radical (unpaired) electrons. The zero-order chi connectivity index (χ0) is 15.6. The predicted molar refractivity (Wildman–Crippen MR) is 76.6 cm³/mol. The van der Waals surface area contributed by atoms with Gasteiger partial charge in [0.05, 0.1) is 0 Å². The second kappa shape index (κ2) is 5.84. The molecule has 1 aromatic carbocycles. The van der Waals surface area contributed by atoms with E-state index in [1.54, 1.807) is 20.8 Å². The van der Waals surface area contributed by atoms with E-state index in [9.17, 15) is 14.0 Å². The molecule has 1 amide bonds. The summed E-state index contributed by atoms with van der Waals surface area (Å²) >= 11 is 0. The summed E-state index contributed by atoms with van der Waals surface area (Å²) in [5.41, 5.74) is -0.0194. The third-order valence-corrected chi connectivity index (χ3v) is 3.36. The van der Waals surface area contributed by atoms with E-state index in [4.69, 9.17) is 4.74 Å². The van der Waals surface area contributed by atoms with Gasteiger partial charge in [-0.25, -0.2) is 9.18 Å². The van der Waals surface area contributed by atoms with Crippen LogP contribution in [0.3, 0.4) is 0 Å². The molecule has 0 aromatic heterocycles. The largest absolute Gasteiger partial charge is 0.444 e. The van der Waals surface area contributed by atoms with Crippen molar-refractivity contribution in [1.82, 2.24) is 5.32 Å². The van der Waals surface area contributed by atoms with Crippen molar-refractivity contribution in [3.8, 4) is 0 Å². The van der Waals surface area contributed by atoms with Crippen LogP contribution in [0.4, 0.5) is 9.18 Å². The van der Waals surface area contributed by atoms with Crippen molar-refractivity contribution in [2.24, 2.45) is 5.92 Å². The van der Waals surface area contributed by atoms with Crippen molar-refractivity contribution in [3.05, 3.63) is 35.6 Å². The molecule has 5 heteroatoms. The molecular weight excluding hydrogens is 273 g/mol. The molecule has 1 fully saturated rings. The first-order valence-electron chi connectivity index (χ1n) is 7.04. The fourth-order valence-electron chi connectivity index (χ4n) is 2.27. The van der Waals surface area contributed by atoms with Crippen LogP contribution in [0.25, 0.3) is 0 Å². The van der Waals surface area contributed by atoms with Gasteiger partial charge in [-0.15, -0.1) is 0 Å². The van der Waals surface area contributed by atoms with E-state index in [1.165, 1.54) is 24.3 Å². The van der Waals surface area contributed by atoms with Gasteiger partial charge in [0.25, 0.3) is 0 Å². The normalized spacial score (nSPS) is 21.3. The van der Waals surface area contributed by atoms with E-state index in [0.29, 0.717) is 18.4 Å². The van der Waals surface area contributed by atoms with Gasteiger partial charge in [-0.3, -0.25) is 4.79 Å². The van der Waals surface area contributed by atoms with Crippen LogP contribution in [0.5, 0.6) is 0 Å². The molecule has 0 atom stereocenters. The fourth-order valence-corrected chi connectivity index (χ4v) is 2.27. The lowest BCUT2D eigenvalue weighted by molar-refractivity contribution is 0.0439. The van der Waals surface area contributed by atoms with Gasteiger partial charge < -0.3 is 10.1 Å². The van der Waals surface area contributed by atoms with Crippen LogP contribution in [-0.2, 0) is 4.74 Å². The quantitative estimate of drug-likeness (QED) is 0.870. The minimum Gasteiger partial charge on any atom is -0.444 e. The Morgan fingerprint density at radius 2 is 1.76 bits per heavy atom. The number of nitrogens with one attached hydrogen (secondary N) is 1. The maximum Gasteiger partial charge on any atom is 0.407 e. The number of carbonyl (C=O) groups excluding carboxylic acids is 2. The van der Waals surface area contributed by atoms with Gasteiger partial charge in [-0.1, -0.05) is 0 Å². The molecule has 0 heterocycles. The number of amides is 1. The number of Topliss-reactive ketones (excluding diaryl/α,β-unsaturated/α-hetero) is 1. The number of hydrogen-bond acceptors (Lipinski definition) is 3. The SMILES string of the molecule is CC(C)(C)OC(=O)NC1CC(C(=O)c2ccc(F)cc2)C1. The first-order valence-corrected chi connectivity index (χ1v) is 7.04. The Labute approximate surface area is 123 Å². The summed E-state index contributed by atoms with van der Waals surface area (Å²) in [7, 11) is 0. The molecule has 4 nitrogen and oxygen atoms in total. The third kappa shape index (κ3) is 4.28. The molecule has 114 valence electrons. The van der Waals surface area contributed by atoms with Crippen LogP contribution in [0.15, 0.2) is 24.3 Å². The van der Waals surface area contributed by atoms with Crippen LogP contribution in [0, 0.1) is 11.7 Å². The summed E-state index contributed by atoms with van der Waals surface area (Å²) in [6.45, 7) is 5.40. The number of alkyl carbamates (subject to hydrolysis) is 1. The smallest absolute Gasteiger partial charge is 0.407 e. The van der Waals surface area contributed by atoms with Crippen molar-refractivity contribution in [2.45, 2.75) is 45.3 Å². The summed E-state index contributed by atoms with van der Waals surface area (Å²) in [4.78, 5) is 23.7. The van der Waals surface area contributed by atoms with Crippen LogP contribution >= 0.6 is 0 Å².